The maximum absolute atomic E-state index is 11.0. The fourth-order valence-electron chi connectivity index (χ4n) is 3.14. The second-order valence-corrected chi connectivity index (χ2v) is 6.02. The minimum absolute atomic E-state index is 0.160. The third kappa shape index (κ3) is 3.97. The van der Waals surface area contributed by atoms with Crippen molar-refractivity contribution in [3.8, 4) is 5.75 Å². The summed E-state index contributed by atoms with van der Waals surface area (Å²) in [7, 11) is 1.69. The van der Waals surface area contributed by atoms with E-state index in [0.717, 1.165) is 37.0 Å². The lowest BCUT2D eigenvalue weighted by Gasteiger charge is -2.30. The van der Waals surface area contributed by atoms with Crippen LogP contribution in [0.2, 0.25) is 0 Å². The van der Waals surface area contributed by atoms with Crippen molar-refractivity contribution in [2.75, 3.05) is 7.11 Å². The number of ether oxygens (including phenoxy) is 1. The van der Waals surface area contributed by atoms with Gasteiger partial charge in [0, 0.05) is 17.6 Å². The number of carbonyl (C=O) groups is 1. The first-order chi connectivity index (χ1) is 10.0. The molecule has 21 heavy (non-hydrogen) atoms. The summed E-state index contributed by atoms with van der Waals surface area (Å²) in [4.78, 5) is 11.0. The molecule has 1 aliphatic rings. The Hall–Kier alpha value is -1.55. The summed E-state index contributed by atoms with van der Waals surface area (Å²) in [6.07, 6.45) is 3.39. The highest BCUT2D eigenvalue weighted by Gasteiger charge is 2.27. The smallest absolute Gasteiger partial charge is 0.306 e. The molecule has 1 unspecified atom stereocenters. The van der Waals surface area contributed by atoms with Crippen LogP contribution in [-0.4, -0.2) is 24.2 Å². The average Bonchev–Trinajstić information content (AvgIpc) is 2.47. The standard InChI is InChI=1S/C17H25NO3/c1-11-4-9-16(21-3)15(10-11)12(2)18-14-7-5-13(6-8-14)17(19)20/h4,9-10,12-14,18H,5-8H2,1-3H3,(H,19,20). The normalized spacial score (nSPS) is 23.6. The molecule has 4 heteroatoms. The zero-order valence-corrected chi connectivity index (χ0v) is 13.1. The van der Waals surface area contributed by atoms with Crippen LogP contribution in [0.1, 0.15) is 49.8 Å². The van der Waals surface area contributed by atoms with Gasteiger partial charge >= 0.3 is 5.97 Å². The lowest BCUT2D eigenvalue weighted by molar-refractivity contribution is -0.142. The summed E-state index contributed by atoms with van der Waals surface area (Å²) in [6, 6.07) is 6.79. The average molecular weight is 291 g/mol. The van der Waals surface area contributed by atoms with Crippen molar-refractivity contribution in [1.82, 2.24) is 5.32 Å². The van der Waals surface area contributed by atoms with Gasteiger partial charge in [-0.15, -0.1) is 0 Å². The second kappa shape index (κ2) is 6.94. The fourth-order valence-corrected chi connectivity index (χ4v) is 3.14. The molecule has 0 spiro atoms. The summed E-state index contributed by atoms with van der Waals surface area (Å²) in [6.45, 7) is 4.22. The maximum Gasteiger partial charge on any atom is 0.306 e. The third-order valence-electron chi connectivity index (χ3n) is 4.41. The number of aliphatic carboxylic acids is 1. The van der Waals surface area contributed by atoms with Crippen molar-refractivity contribution in [3.63, 3.8) is 0 Å². The van der Waals surface area contributed by atoms with Gasteiger partial charge < -0.3 is 15.2 Å². The highest BCUT2D eigenvalue weighted by molar-refractivity contribution is 5.70. The minimum atomic E-state index is -0.651. The van der Waals surface area contributed by atoms with E-state index in [4.69, 9.17) is 9.84 Å². The van der Waals surface area contributed by atoms with Crippen LogP contribution in [0, 0.1) is 12.8 Å². The first-order valence-corrected chi connectivity index (χ1v) is 7.64. The van der Waals surface area contributed by atoms with E-state index in [1.165, 1.54) is 5.56 Å². The van der Waals surface area contributed by atoms with E-state index in [-0.39, 0.29) is 12.0 Å². The Morgan fingerprint density at radius 3 is 2.57 bits per heavy atom. The van der Waals surface area contributed by atoms with Crippen molar-refractivity contribution in [3.05, 3.63) is 29.3 Å². The molecule has 1 aromatic rings. The largest absolute Gasteiger partial charge is 0.496 e. The predicted octanol–water partition coefficient (Wildman–Crippen LogP) is 3.30. The molecule has 4 nitrogen and oxygen atoms in total. The Balaban J connectivity index is 1.98. The number of nitrogens with one attached hydrogen (secondary N) is 1. The summed E-state index contributed by atoms with van der Waals surface area (Å²) < 4.78 is 5.44. The van der Waals surface area contributed by atoms with E-state index in [0.29, 0.717) is 6.04 Å². The van der Waals surface area contributed by atoms with Gasteiger partial charge in [-0.1, -0.05) is 17.7 Å². The van der Waals surface area contributed by atoms with Crippen molar-refractivity contribution in [2.24, 2.45) is 5.92 Å². The molecule has 0 saturated heterocycles. The first-order valence-electron chi connectivity index (χ1n) is 7.64. The van der Waals surface area contributed by atoms with E-state index in [9.17, 15) is 4.79 Å². The molecule has 0 aromatic heterocycles. The number of methoxy groups -OCH3 is 1. The van der Waals surface area contributed by atoms with Crippen LogP contribution in [0.4, 0.5) is 0 Å². The molecule has 2 N–H and O–H groups in total. The lowest BCUT2D eigenvalue weighted by atomic mass is 9.85. The van der Waals surface area contributed by atoms with Gasteiger partial charge in [-0.25, -0.2) is 0 Å². The van der Waals surface area contributed by atoms with Crippen LogP contribution in [0.25, 0.3) is 0 Å². The van der Waals surface area contributed by atoms with E-state index in [2.05, 4.69) is 25.2 Å². The first kappa shape index (κ1) is 15.8. The minimum Gasteiger partial charge on any atom is -0.496 e. The van der Waals surface area contributed by atoms with Crippen LogP contribution in [0.5, 0.6) is 5.75 Å². The van der Waals surface area contributed by atoms with Crippen molar-refractivity contribution in [2.45, 2.75) is 51.6 Å². The van der Waals surface area contributed by atoms with Crippen LogP contribution in [0.15, 0.2) is 18.2 Å². The highest BCUT2D eigenvalue weighted by atomic mass is 16.5. The van der Waals surface area contributed by atoms with Gasteiger partial charge in [0.1, 0.15) is 5.75 Å². The quantitative estimate of drug-likeness (QED) is 0.874. The van der Waals surface area contributed by atoms with E-state index in [1.54, 1.807) is 7.11 Å². The molecule has 1 aromatic carbocycles. The molecular weight excluding hydrogens is 266 g/mol. The van der Waals surface area contributed by atoms with E-state index in [1.807, 2.05) is 12.1 Å². The van der Waals surface area contributed by atoms with Gasteiger partial charge in [0.2, 0.25) is 0 Å². The van der Waals surface area contributed by atoms with Gasteiger partial charge in [-0.3, -0.25) is 4.79 Å². The highest BCUT2D eigenvalue weighted by Crippen LogP contribution is 2.29. The van der Waals surface area contributed by atoms with Crippen molar-refractivity contribution >= 4 is 5.97 Å². The monoisotopic (exact) mass is 291 g/mol. The lowest BCUT2D eigenvalue weighted by Crippen LogP contribution is -2.36. The Labute approximate surface area is 126 Å². The fraction of sp³-hybridized carbons (Fsp3) is 0.588. The van der Waals surface area contributed by atoms with Crippen LogP contribution in [0.3, 0.4) is 0 Å². The molecule has 0 heterocycles. The molecule has 2 rings (SSSR count). The molecule has 1 aliphatic carbocycles. The summed E-state index contributed by atoms with van der Waals surface area (Å²) in [5.41, 5.74) is 2.38. The summed E-state index contributed by atoms with van der Waals surface area (Å²) >= 11 is 0. The molecule has 0 aliphatic heterocycles. The van der Waals surface area contributed by atoms with Crippen molar-refractivity contribution in [1.29, 1.82) is 0 Å². The number of hydrogen-bond acceptors (Lipinski definition) is 3. The van der Waals surface area contributed by atoms with Crippen molar-refractivity contribution < 1.29 is 14.6 Å². The van der Waals surface area contributed by atoms with Crippen LogP contribution < -0.4 is 10.1 Å². The maximum atomic E-state index is 11.0. The van der Waals surface area contributed by atoms with Gasteiger partial charge in [-0.05, 0) is 45.6 Å². The van der Waals surface area contributed by atoms with Gasteiger partial charge in [0.05, 0.1) is 13.0 Å². The Morgan fingerprint density at radius 2 is 2.00 bits per heavy atom. The number of rotatable bonds is 5. The molecular formula is C17H25NO3. The Bertz CT molecular complexity index is 493. The molecule has 0 radical (unpaired) electrons. The predicted molar refractivity (Wildman–Crippen MR) is 82.7 cm³/mol. The number of hydrogen-bond donors (Lipinski definition) is 2. The van der Waals surface area contributed by atoms with E-state index >= 15 is 0 Å². The second-order valence-electron chi connectivity index (χ2n) is 6.02. The number of carboxylic acids is 1. The zero-order valence-electron chi connectivity index (χ0n) is 13.1. The van der Waals surface area contributed by atoms with E-state index < -0.39 is 5.97 Å². The number of aryl methyl sites for hydroxylation is 1. The number of benzene rings is 1. The molecule has 1 fully saturated rings. The SMILES string of the molecule is COc1ccc(C)cc1C(C)NC1CCC(C(=O)O)CC1. The van der Waals surface area contributed by atoms with Gasteiger partial charge in [-0.2, -0.15) is 0 Å². The topological polar surface area (TPSA) is 58.6 Å². The number of carboxylic acid groups (broad SMARTS) is 1. The molecule has 1 saturated carbocycles. The molecule has 0 amide bonds. The molecule has 0 bridgehead atoms. The summed E-state index contributed by atoms with van der Waals surface area (Å²) in [5.74, 6) is 0.0912. The molecule has 116 valence electrons. The summed E-state index contributed by atoms with van der Waals surface area (Å²) in [5, 5.41) is 12.7. The third-order valence-corrected chi connectivity index (χ3v) is 4.41. The van der Waals surface area contributed by atoms with Crippen LogP contribution in [-0.2, 0) is 4.79 Å². The van der Waals surface area contributed by atoms with Crippen LogP contribution >= 0.6 is 0 Å². The van der Waals surface area contributed by atoms with Gasteiger partial charge in [0.15, 0.2) is 0 Å². The Kier molecular flexibility index (Phi) is 5.23. The molecule has 1 atom stereocenters. The van der Waals surface area contributed by atoms with Gasteiger partial charge in [0.25, 0.3) is 0 Å². The Morgan fingerprint density at radius 1 is 1.33 bits per heavy atom. The zero-order chi connectivity index (χ0) is 15.4.